The number of aliphatic hydroxyl groups is 4. The van der Waals surface area contributed by atoms with E-state index in [2.05, 4.69) is 0 Å². The number of rotatable bonds is 6. The van der Waals surface area contributed by atoms with Gasteiger partial charge in [-0.25, -0.2) is 0 Å². The lowest BCUT2D eigenvalue weighted by atomic mass is 9.54. The largest absolute Gasteiger partial charge is 0.508 e. The summed E-state index contributed by atoms with van der Waals surface area (Å²) in [5.74, 6) is -8.57. The number of carbonyl (C=O) groups is 3. The molecule has 0 radical (unpaired) electrons. The van der Waals surface area contributed by atoms with Crippen molar-refractivity contribution in [3.63, 3.8) is 0 Å². The second-order valence-electron chi connectivity index (χ2n) is 11.5. The number of nitrogens with two attached hydrogens (primary N) is 1. The number of aliphatic hydroxyl groups excluding tert-OH is 3. The number of fused-ring (bicyclic) bond motifs is 3. The lowest BCUT2D eigenvalue weighted by Gasteiger charge is -2.53. The predicted molar refractivity (Wildman–Crippen MR) is 154 cm³/mol. The summed E-state index contributed by atoms with van der Waals surface area (Å²) in [5, 5.41) is 57.3. The minimum Gasteiger partial charge on any atom is -0.508 e. The van der Waals surface area contributed by atoms with E-state index in [4.69, 9.17) is 17.3 Å². The van der Waals surface area contributed by atoms with Gasteiger partial charge in [0.25, 0.3) is 5.91 Å². The minimum absolute atomic E-state index is 0.0130. The van der Waals surface area contributed by atoms with Gasteiger partial charge in [0.1, 0.15) is 22.8 Å². The lowest BCUT2D eigenvalue weighted by molar-refractivity contribution is -0.169. The highest BCUT2D eigenvalue weighted by molar-refractivity contribution is 6.24. The topological polar surface area (TPSA) is 182 Å². The molecule has 0 spiro atoms. The first-order valence-corrected chi connectivity index (χ1v) is 14.1. The number of nitrogens with zero attached hydrogens (tertiary/aromatic N) is 1. The summed E-state index contributed by atoms with van der Waals surface area (Å²) >= 11 is 5.87. The Hall–Kier alpha value is -3.70. The number of aromatic hydroxyl groups is 1. The molecule has 222 valence electrons. The van der Waals surface area contributed by atoms with Crippen LogP contribution >= 0.6 is 11.6 Å². The van der Waals surface area contributed by atoms with E-state index in [1.807, 2.05) is 24.3 Å². The number of aryl methyl sites for hydroxylation is 2. The Labute approximate surface area is 247 Å². The maximum absolute atomic E-state index is 14.1. The highest BCUT2D eigenvalue weighted by Gasteiger charge is 2.68. The van der Waals surface area contributed by atoms with Crippen molar-refractivity contribution in [3.8, 4) is 5.75 Å². The molecule has 1 amide bonds. The average molecular weight is 597 g/mol. The molecule has 1 fully saturated rings. The minimum atomic E-state index is -2.94. The van der Waals surface area contributed by atoms with E-state index in [0.717, 1.165) is 11.1 Å². The number of halogens is 1. The first kappa shape index (κ1) is 29.8. The van der Waals surface area contributed by atoms with Gasteiger partial charge in [-0.3, -0.25) is 19.3 Å². The molecule has 6 atom stereocenters. The van der Waals surface area contributed by atoms with E-state index in [0.29, 0.717) is 29.8 Å². The second-order valence-corrected chi connectivity index (χ2v) is 11.8. The van der Waals surface area contributed by atoms with Gasteiger partial charge in [0.15, 0.2) is 11.4 Å². The van der Waals surface area contributed by atoms with Gasteiger partial charge in [0.2, 0.25) is 5.78 Å². The van der Waals surface area contributed by atoms with Gasteiger partial charge in [-0.15, -0.1) is 11.6 Å². The van der Waals surface area contributed by atoms with Gasteiger partial charge in [-0.05, 0) is 55.1 Å². The number of phenolic OH excluding ortho intramolecular Hbond substituents is 1. The van der Waals surface area contributed by atoms with E-state index >= 15 is 0 Å². The number of hydrogen-bond acceptors (Lipinski definition) is 9. The zero-order chi connectivity index (χ0) is 30.8. The number of ketones is 2. The molecule has 10 nitrogen and oxygen atoms in total. The summed E-state index contributed by atoms with van der Waals surface area (Å²) < 4.78 is 0. The highest BCUT2D eigenvalue weighted by Crippen LogP contribution is 2.56. The molecule has 3 aliphatic rings. The molecule has 7 N–H and O–H groups in total. The Morgan fingerprint density at radius 1 is 1.02 bits per heavy atom. The SMILES string of the molecule is C[C@H]1c2ccc(CCc3ccc(CCl)cc3)c(O)c2C(O)=C2C(=O)[C@]3(O)C(O)=C(C(N)=O)C(=O)[C@@H](N(C)C)[C@@H]3[C@@H](O)[C@@H]21. The zero-order valence-electron chi connectivity index (χ0n) is 23.3. The smallest absolute Gasteiger partial charge is 0.255 e. The summed E-state index contributed by atoms with van der Waals surface area (Å²) in [5.41, 5.74) is 4.00. The molecule has 3 aliphatic carbocycles. The Morgan fingerprint density at radius 3 is 2.21 bits per heavy atom. The molecule has 0 aromatic heterocycles. The molecule has 0 bridgehead atoms. The van der Waals surface area contributed by atoms with Crippen LogP contribution in [0.5, 0.6) is 5.75 Å². The second kappa shape index (κ2) is 10.5. The summed E-state index contributed by atoms with van der Waals surface area (Å²) in [6.45, 7) is 1.70. The van der Waals surface area contributed by atoms with Crippen molar-refractivity contribution < 1.29 is 39.9 Å². The van der Waals surface area contributed by atoms with Crippen LogP contribution in [-0.2, 0) is 33.1 Å². The molecule has 0 saturated heterocycles. The molecule has 2 aromatic rings. The Bertz CT molecular complexity index is 1560. The number of primary amides is 1. The van der Waals surface area contributed by atoms with Gasteiger partial charge >= 0.3 is 0 Å². The van der Waals surface area contributed by atoms with Crippen LogP contribution in [-0.4, -0.2) is 79.7 Å². The Morgan fingerprint density at radius 2 is 1.64 bits per heavy atom. The van der Waals surface area contributed by atoms with Gasteiger partial charge in [-0.2, -0.15) is 0 Å². The fourth-order valence-electron chi connectivity index (χ4n) is 6.94. The molecule has 1 saturated carbocycles. The molecular weight excluding hydrogens is 564 g/mol. The van der Waals surface area contributed by atoms with Crippen molar-refractivity contribution in [3.05, 3.63) is 81.1 Å². The van der Waals surface area contributed by atoms with E-state index in [-0.39, 0.29) is 11.3 Å². The van der Waals surface area contributed by atoms with E-state index < -0.39 is 75.6 Å². The number of amides is 1. The molecule has 42 heavy (non-hydrogen) atoms. The summed E-state index contributed by atoms with van der Waals surface area (Å²) in [6, 6.07) is 9.76. The van der Waals surface area contributed by atoms with Crippen LogP contribution in [0.2, 0.25) is 0 Å². The summed E-state index contributed by atoms with van der Waals surface area (Å²) in [7, 11) is 2.94. The molecule has 0 aliphatic heterocycles. The van der Waals surface area contributed by atoms with Gasteiger partial charge < -0.3 is 31.3 Å². The third-order valence-corrected chi connectivity index (χ3v) is 9.38. The lowest BCUT2D eigenvalue weighted by Crippen LogP contribution is -2.70. The van der Waals surface area contributed by atoms with Crippen LogP contribution in [0, 0.1) is 11.8 Å². The normalized spacial score (nSPS) is 29.0. The van der Waals surface area contributed by atoms with Crippen molar-refractivity contribution in [1.82, 2.24) is 4.90 Å². The number of likely N-dealkylation sites (N-methyl/N-ethyl adjacent to an activating group) is 1. The number of hydrogen-bond donors (Lipinski definition) is 6. The summed E-state index contributed by atoms with van der Waals surface area (Å²) in [6.07, 6.45) is -0.655. The first-order valence-electron chi connectivity index (χ1n) is 13.6. The molecule has 0 unspecified atom stereocenters. The van der Waals surface area contributed by atoms with E-state index in [9.17, 15) is 39.9 Å². The Balaban J connectivity index is 1.63. The van der Waals surface area contributed by atoms with Gasteiger partial charge in [-0.1, -0.05) is 43.3 Å². The van der Waals surface area contributed by atoms with Crippen LogP contribution < -0.4 is 5.73 Å². The van der Waals surface area contributed by atoms with Crippen LogP contribution in [0.4, 0.5) is 0 Å². The van der Waals surface area contributed by atoms with E-state index in [1.165, 1.54) is 19.0 Å². The van der Waals surface area contributed by atoms with Crippen LogP contribution in [0.25, 0.3) is 5.76 Å². The van der Waals surface area contributed by atoms with Crippen LogP contribution in [0.3, 0.4) is 0 Å². The number of alkyl halides is 1. The van der Waals surface area contributed by atoms with Crippen molar-refractivity contribution in [2.45, 2.75) is 49.3 Å². The molecule has 11 heteroatoms. The van der Waals surface area contributed by atoms with Gasteiger partial charge in [0.05, 0.1) is 23.6 Å². The highest BCUT2D eigenvalue weighted by atomic mass is 35.5. The molecule has 0 heterocycles. The number of Topliss-reactive ketones (excluding diaryl/α,β-unsaturated/α-hetero) is 2. The predicted octanol–water partition coefficient (Wildman–Crippen LogP) is 2.02. The summed E-state index contributed by atoms with van der Waals surface area (Å²) in [4.78, 5) is 40.9. The maximum Gasteiger partial charge on any atom is 0.255 e. The monoisotopic (exact) mass is 596 g/mol. The number of benzene rings is 2. The number of phenols is 1. The first-order chi connectivity index (χ1) is 19.8. The van der Waals surface area contributed by atoms with Crippen LogP contribution in [0.15, 0.2) is 53.3 Å². The third kappa shape index (κ3) is 4.16. The third-order valence-electron chi connectivity index (χ3n) is 9.07. The average Bonchev–Trinajstić information content (AvgIpc) is 2.94. The van der Waals surface area contributed by atoms with Crippen molar-refractivity contribution in [1.29, 1.82) is 0 Å². The standard InChI is InChI=1S/C31H33ClN2O8/c1-13-17-11-10-16(9-8-14-4-6-15(12-32)7-5-14)24(35)19(17)25(36)20-18(13)26(37)22-23(34(2)3)27(38)21(30(33)41)29(40)31(22,42)28(20)39/h4-7,10-11,13,18,22-23,26,35-37,40,42H,8-9,12H2,1-3H3,(H2,33,41)/t13-,18+,22+,23-,26-,31-/m0/s1. The molecule has 5 rings (SSSR count). The zero-order valence-corrected chi connectivity index (χ0v) is 24.1. The fraction of sp³-hybridized carbons (Fsp3) is 0.387. The van der Waals surface area contributed by atoms with Gasteiger partial charge in [0, 0.05) is 17.4 Å². The van der Waals surface area contributed by atoms with E-state index in [1.54, 1.807) is 19.1 Å². The molecule has 2 aromatic carbocycles. The van der Waals surface area contributed by atoms with Crippen molar-refractivity contribution in [2.75, 3.05) is 14.1 Å². The molecular formula is C31H33ClN2O8. The quantitative estimate of drug-likeness (QED) is 0.215. The van der Waals surface area contributed by atoms with Crippen molar-refractivity contribution in [2.24, 2.45) is 17.6 Å². The number of carbonyl (C=O) groups excluding carboxylic acids is 3. The maximum atomic E-state index is 14.1. The van der Waals surface area contributed by atoms with Crippen LogP contribution in [0.1, 0.15) is 40.7 Å². The van der Waals surface area contributed by atoms with Crippen molar-refractivity contribution >= 4 is 34.8 Å². The fourth-order valence-corrected chi connectivity index (χ4v) is 7.11. The Kier molecular flexibility index (Phi) is 7.47.